The average molecular weight is 569 g/mol. The maximum Gasteiger partial charge on any atom is 0.0991 e. The molecule has 0 saturated heterocycles. The molecule has 0 N–H and O–H groups in total. The van der Waals surface area contributed by atoms with E-state index in [0.29, 0.717) is 11.1 Å². The van der Waals surface area contributed by atoms with E-state index in [1.54, 1.807) is 11.3 Å². The summed E-state index contributed by atoms with van der Waals surface area (Å²) in [7, 11) is 0. The smallest absolute Gasteiger partial charge is 0.0991 e. The summed E-state index contributed by atoms with van der Waals surface area (Å²) in [5.74, 6) is 0. The van der Waals surface area contributed by atoms with Crippen molar-refractivity contribution < 1.29 is 0 Å². The maximum absolute atomic E-state index is 9.57. The first kappa shape index (κ1) is 24.5. The third kappa shape index (κ3) is 4.06. The SMILES string of the molecule is N#Cc1cccc(-c2cc(-c3ccc4c(c3)sc3ccccc34)cc(-c3ccc4sc5ccc(C#N)cc5c4c3)c2)c1. The molecule has 0 unspecified atom stereocenters. The third-order valence-electron chi connectivity index (χ3n) is 7.90. The van der Waals surface area contributed by atoms with Gasteiger partial charge in [-0.15, -0.1) is 22.7 Å². The molecule has 0 radical (unpaired) electrons. The molecule has 0 fully saturated rings. The van der Waals surface area contributed by atoms with E-state index in [9.17, 15) is 10.5 Å². The Morgan fingerprint density at radius 2 is 0.929 bits per heavy atom. The van der Waals surface area contributed by atoms with Gasteiger partial charge in [0, 0.05) is 40.3 Å². The second kappa shape index (κ2) is 9.68. The van der Waals surface area contributed by atoms with Crippen molar-refractivity contribution in [2.45, 2.75) is 0 Å². The normalized spacial score (nSPS) is 11.3. The second-order valence-corrected chi connectivity index (χ2v) is 12.6. The highest BCUT2D eigenvalue weighted by atomic mass is 32.1. The van der Waals surface area contributed by atoms with Gasteiger partial charge in [0.15, 0.2) is 0 Å². The Bertz CT molecular complexity index is 2450. The van der Waals surface area contributed by atoms with Crippen LogP contribution >= 0.6 is 22.7 Å². The van der Waals surface area contributed by atoms with E-state index in [1.165, 1.54) is 29.6 Å². The molecule has 2 heterocycles. The van der Waals surface area contributed by atoms with E-state index in [1.807, 2.05) is 47.7 Å². The van der Waals surface area contributed by atoms with Gasteiger partial charge in [0.1, 0.15) is 0 Å². The van der Waals surface area contributed by atoms with Crippen LogP contribution in [0.3, 0.4) is 0 Å². The first-order valence-corrected chi connectivity index (χ1v) is 15.2. The Morgan fingerprint density at radius 1 is 0.357 bits per heavy atom. The summed E-state index contributed by atoms with van der Waals surface area (Å²) in [5.41, 5.74) is 7.92. The van der Waals surface area contributed by atoms with Crippen molar-refractivity contribution in [3.63, 3.8) is 0 Å². The van der Waals surface area contributed by atoms with Crippen LogP contribution in [0.15, 0.2) is 121 Å². The van der Waals surface area contributed by atoms with E-state index < -0.39 is 0 Å². The molecule has 0 saturated carbocycles. The Hall–Kier alpha value is -5.26. The highest BCUT2D eigenvalue weighted by Gasteiger charge is 2.13. The van der Waals surface area contributed by atoms with Gasteiger partial charge in [-0.3, -0.25) is 0 Å². The van der Waals surface area contributed by atoms with Gasteiger partial charge in [-0.2, -0.15) is 10.5 Å². The summed E-state index contributed by atoms with van der Waals surface area (Å²) < 4.78 is 4.95. The van der Waals surface area contributed by atoms with Gasteiger partial charge in [-0.25, -0.2) is 0 Å². The summed E-state index contributed by atoms with van der Waals surface area (Å²) in [6.07, 6.45) is 0. The number of thiophene rings is 2. The summed E-state index contributed by atoms with van der Waals surface area (Å²) in [6.45, 7) is 0. The minimum atomic E-state index is 0.644. The van der Waals surface area contributed by atoms with Gasteiger partial charge in [-0.1, -0.05) is 48.5 Å². The van der Waals surface area contributed by atoms with E-state index in [2.05, 4.69) is 97.1 Å². The Balaban J connectivity index is 1.34. The first-order chi connectivity index (χ1) is 20.7. The van der Waals surface area contributed by atoms with Crippen LogP contribution in [-0.4, -0.2) is 0 Å². The van der Waals surface area contributed by atoms with Gasteiger partial charge < -0.3 is 0 Å². The fraction of sp³-hybridized carbons (Fsp3) is 0. The number of rotatable bonds is 3. The fourth-order valence-electron chi connectivity index (χ4n) is 5.83. The molecule has 8 aromatic rings. The molecule has 8 rings (SSSR count). The lowest BCUT2D eigenvalue weighted by Gasteiger charge is -2.12. The monoisotopic (exact) mass is 568 g/mol. The number of fused-ring (bicyclic) bond motifs is 6. The summed E-state index contributed by atoms with van der Waals surface area (Å²) in [6, 6.07) is 47.0. The van der Waals surface area contributed by atoms with Gasteiger partial charge in [0.2, 0.25) is 0 Å². The predicted molar refractivity (Wildman–Crippen MR) is 178 cm³/mol. The highest BCUT2D eigenvalue weighted by molar-refractivity contribution is 7.26. The topological polar surface area (TPSA) is 47.6 Å². The molecule has 0 amide bonds. The largest absolute Gasteiger partial charge is 0.192 e. The predicted octanol–water partition coefficient (Wildman–Crippen LogP) is 11.2. The number of hydrogen-bond acceptors (Lipinski definition) is 4. The zero-order valence-corrected chi connectivity index (χ0v) is 23.9. The van der Waals surface area contributed by atoms with Crippen LogP contribution in [0.4, 0.5) is 0 Å². The number of hydrogen-bond donors (Lipinski definition) is 0. The van der Waals surface area contributed by atoms with E-state index in [-0.39, 0.29) is 0 Å². The minimum Gasteiger partial charge on any atom is -0.192 e. The molecule has 2 nitrogen and oxygen atoms in total. The Labute approximate surface area is 250 Å². The maximum atomic E-state index is 9.57. The second-order valence-electron chi connectivity index (χ2n) is 10.4. The molecule has 2 aromatic heterocycles. The lowest BCUT2D eigenvalue weighted by Crippen LogP contribution is -1.87. The lowest BCUT2D eigenvalue weighted by molar-refractivity contribution is 1.48. The fourth-order valence-corrected chi connectivity index (χ4v) is 8.04. The molecule has 42 heavy (non-hydrogen) atoms. The number of nitriles is 2. The van der Waals surface area contributed by atoms with Gasteiger partial charge >= 0.3 is 0 Å². The van der Waals surface area contributed by atoms with Gasteiger partial charge in [-0.05, 0) is 106 Å². The van der Waals surface area contributed by atoms with E-state index >= 15 is 0 Å². The molecule has 194 valence electrons. The van der Waals surface area contributed by atoms with Crippen molar-refractivity contribution in [2.75, 3.05) is 0 Å². The van der Waals surface area contributed by atoms with Crippen molar-refractivity contribution in [1.82, 2.24) is 0 Å². The molecular formula is C38H20N2S2. The average Bonchev–Trinajstić information content (AvgIpc) is 3.61. The highest BCUT2D eigenvalue weighted by Crippen LogP contribution is 2.41. The molecule has 0 aliphatic rings. The van der Waals surface area contributed by atoms with Crippen LogP contribution in [0.1, 0.15) is 11.1 Å². The zero-order chi connectivity index (χ0) is 28.2. The van der Waals surface area contributed by atoms with E-state index in [4.69, 9.17) is 0 Å². The molecule has 0 aliphatic carbocycles. The molecule has 6 aromatic carbocycles. The first-order valence-electron chi connectivity index (χ1n) is 13.6. The van der Waals surface area contributed by atoms with Crippen molar-refractivity contribution in [2.24, 2.45) is 0 Å². The van der Waals surface area contributed by atoms with Gasteiger partial charge in [0.25, 0.3) is 0 Å². The summed E-state index contributed by atoms with van der Waals surface area (Å²) in [5, 5.41) is 23.9. The molecule has 0 spiro atoms. The molecule has 0 atom stereocenters. The Morgan fingerprint density at radius 3 is 1.71 bits per heavy atom. The van der Waals surface area contributed by atoms with Crippen LogP contribution in [0.2, 0.25) is 0 Å². The van der Waals surface area contributed by atoms with Crippen molar-refractivity contribution >= 4 is 63.0 Å². The van der Waals surface area contributed by atoms with Crippen molar-refractivity contribution in [1.29, 1.82) is 10.5 Å². The standard InChI is InChI=1S/C38H20N2S2/c39-21-23-4-3-5-25(14-23)28-16-29(26-10-13-37-34(19-26)33-15-24(22-40)8-12-36(33)41-37)18-30(17-28)27-9-11-32-31-6-1-2-7-35(31)42-38(32)20-27/h1-20H. The number of benzene rings is 6. The minimum absolute atomic E-state index is 0.644. The molecule has 4 heteroatoms. The quantitative estimate of drug-likeness (QED) is 0.213. The Kier molecular flexibility index (Phi) is 5.66. The van der Waals surface area contributed by atoms with Crippen LogP contribution < -0.4 is 0 Å². The van der Waals surface area contributed by atoms with E-state index in [0.717, 1.165) is 44.2 Å². The van der Waals surface area contributed by atoms with Crippen LogP contribution in [0, 0.1) is 22.7 Å². The van der Waals surface area contributed by atoms with Crippen molar-refractivity contribution in [3.05, 3.63) is 132 Å². The van der Waals surface area contributed by atoms with Crippen LogP contribution in [-0.2, 0) is 0 Å². The molecular weight excluding hydrogens is 549 g/mol. The van der Waals surface area contributed by atoms with Crippen molar-refractivity contribution in [3.8, 4) is 45.5 Å². The lowest BCUT2D eigenvalue weighted by atomic mass is 9.92. The molecule has 0 aliphatic heterocycles. The van der Waals surface area contributed by atoms with Gasteiger partial charge in [0.05, 0.1) is 23.3 Å². The molecule has 0 bridgehead atoms. The third-order valence-corrected chi connectivity index (χ3v) is 10.2. The summed E-state index contributed by atoms with van der Waals surface area (Å²) >= 11 is 3.58. The van der Waals surface area contributed by atoms with Crippen LogP contribution in [0.25, 0.3) is 73.7 Å². The zero-order valence-electron chi connectivity index (χ0n) is 22.3. The number of nitrogens with zero attached hydrogens (tertiary/aromatic N) is 2. The van der Waals surface area contributed by atoms with Crippen LogP contribution in [0.5, 0.6) is 0 Å². The summed E-state index contributed by atoms with van der Waals surface area (Å²) in [4.78, 5) is 0.